The van der Waals surface area contributed by atoms with E-state index in [2.05, 4.69) is 26.7 Å². The largest absolute Gasteiger partial charge is 0.450 e. The third-order valence-corrected chi connectivity index (χ3v) is 9.40. The number of nitrogens with zero attached hydrogens (tertiary/aromatic N) is 7. The first-order valence-corrected chi connectivity index (χ1v) is 15.2. The van der Waals surface area contributed by atoms with E-state index in [1.807, 2.05) is 0 Å². The Morgan fingerprint density at radius 1 is 1.02 bits per heavy atom. The minimum absolute atomic E-state index is 0.195. The summed E-state index contributed by atoms with van der Waals surface area (Å²) in [5.74, 6) is 1.08. The maximum atomic E-state index is 13.3. The van der Waals surface area contributed by atoms with Crippen molar-refractivity contribution in [1.82, 2.24) is 29.7 Å². The van der Waals surface area contributed by atoms with E-state index < -0.39 is 5.91 Å². The van der Waals surface area contributed by atoms with Crippen molar-refractivity contribution in [2.75, 3.05) is 63.1 Å². The highest BCUT2D eigenvalue weighted by Gasteiger charge is 2.27. The maximum absolute atomic E-state index is 13.3. The number of primary amides is 1. The molecule has 2 saturated heterocycles. The number of thiophene rings is 1. The van der Waals surface area contributed by atoms with Crippen molar-refractivity contribution in [3.63, 3.8) is 0 Å². The van der Waals surface area contributed by atoms with Crippen LogP contribution >= 0.6 is 11.3 Å². The molecule has 4 aromatic heterocycles. The lowest BCUT2D eigenvalue weighted by Crippen LogP contribution is -2.48. The summed E-state index contributed by atoms with van der Waals surface area (Å²) in [6, 6.07) is 6.80. The summed E-state index contributed by atoms with van der Waals surface area (Å²) < 4.78 is 12.5. The number of hydrogen-bond acceptors (Lipinski definition) is 12. The van der Waals surface area contributed by atoms with E-state index >= 15 is 0 Å². The molecule has 1 aromatic carbocycles. The third kappa shape index (κ3) is 5.20. The summed E-state index contributed by atoms with van der Waals surface area (Å²) in [5, 5.41) is 0.676. The van der Waals surface area contributed by atoms with Crippen LogP contribution in [0.5, 0.6) is 0 Å². The minimum Gasteiger partial charge on any atom is -0.450 e. The normalized spacial score (nSPS) is 16.2. The molecule has 2 aliphatic rings. The highest BCUT2D eigenvalue weighted by Crippen LogP contribution is 2.38. The molecule has 0 unspecified atom stereocenters. The third-order valence-electron chi connectivity index (χ3n) is 8.13. The average molecular weight is 614 g/mol. The molecule has 0 spiro atoms. The number of aryl methyl sites for hydroxylation is 1. The Hall–Kier alpha value is -4.66. The van der Waals surface area contributed by atoms with Crippen molar-refractivity contribution in [2.24, 2.45) is 5.73 Å². The molecule has 0 atom stereocenters. The number of nitrogen functional groups attached to an aromatic ring is 1. The molecule has 0 radical (unpaired) electrons. The van der Waals surface area contributed by atoms with Crippen LogP contribution in [0.3, 0.4) is 0 Å². The van der Waals surface area contributed by atoms with Gasteiger partial charge in [-0.05, 0) is 24.6 Å². The van der Waals surface area contributed by atoms with Crippen LogP contribution in [-0.2, 0) is 11.3 Å². The molecule has 44 heavy (non-hydrogen) atoms. The molecular formula is C30H31N9O4S. The Morgan fingerprint density at radius 2 is 1.77 bits per heavy atom. The maximum Gasteiger partial charge on any atom is 0.289 e. The molecule has 5 aromatic rings. The van der Waals surface area contributed by atoms with E-state index in [4.69, 9.17) is 30.6 Å². The van der Waals surface area contributed by atoms with Gasteiger partial charge in [-0.15, -0.1) is 11.3 Å². The number of benzene rings is 1. The molecule has 2 aliphatic heterocycles. The number of ether oxygens (including phenoxy) is 1. The smallest absolute Gasteiger partial charge is 0.289 e. The summed E-state index contributed by atoms with van der Waals surface area (Å²) in [5.41, 5.74) is 14.5. The van der Waals surface area contributed by atoms with E-state index in [0.717, 1.165) is 41.2 Å². The quantitative estimate of drug-likeness (QED) is 0.289. The Labute approximate surface area is 256 Å². The van der Waals surface area contributed by atoms with Gasteiger partial charge in [-0.3, -0.25) is 14.5 Å². The molecule has 2 fully saturated rings. The fourth-order valence-electron chi connectivity index (χ4n) is 5.67. The van der Waals surface area contributed by atoms with Crippen LogP contribution in [0, 0.1) is 6.92 Å². The Bertz CT molecular complexity index is 1870. The fourth-order valence-corrected chi connectivity index (χ4v) is 6.98. The van der Waals surface area contributed by atoms with Crippen molar-refractivity contribution in [1.29, 1.82) is 0 Å². The number of amides is 2. The summed E-state index contributed by atoms with van der Waals surface area (Å²) in [6.45, 7) is 8.18. The van der Waals surface area contributed by atoms with Gasteiger partial charge in [0, 0.05) is 68.5 Å². The van der Waals surface area contributed by atoms with Crippen LogP contribution in [0.4, 0.5) is 11.8 Å². The molecule has 0 saturated carbocycles. The number of morpholine rings is 1. The first-order chi connectivity index (χ1) is 21.4. The van der Waals surface area contributed by atoms with Crippen LogP contribution in [0.2, 0.25) is 0 Å². The number of aromatic nitrogens is 4. The number of furan rings is 1. The zero-order valence-electron chi connectivity index (χ0n) is 24.2. The summed E-state index contributed by atoms with van der Waals surface area (Å²) in [7, 11) is 0. The number of nitrogens with two attached hydrogens (primary N) is 2. The topological polar surface area (TPSA) is 170 Å². The number of hydrogen-bond donors (Lipinski definition) is 2. The van der Waals surface area contributed by atoms with Gasteiger partial charge in [-0.25, -0.2) is 19.9 Å². The van der Waals surface area contributed by atoms with Crippen molar-refractivity contribution < 1.29 is 18.7 Å². The number of para-hydroxylation sites is 1. The first-order valence-electron chi connectivity index (χ1n) is 14.4. The lowest BCUT2D eigenvalue weighted by atomic mass is 10.1. The van der Waals surface area contributed by atoms with Crippen molar-refractivity contribution in [3.8, 4) is 11.4 Å². The first kappa shape index (κ1) is 28.1. The van der Waals surface area contributed by atoms with Crippen LogP contribution in [0.15, 0.2) is 41.1 Å². The van der Waals surface area contributed by atoms with Gasteiger partial charge >= 0.3 is 0 Å². The summed E-state index contributed by atoms with van der Waals surface area (Å²) >= 11 is 1.72. The van der Waals surface area contributed by atoms with Gasteiger partial charge in [0.2, 0.25) is 5.95 Å². The highest BCUT2D eigenvalue weighted by atomic mass is 32.1. The molecule has 0 bridgehead atoms. The predicted molar refractivity (Wildman–Crippen MR) is 167 cm³/mol. The lowest BCUT2D eigenvalue weighted by molar-refractivity contribution is 0.0600. The molecule has 6 heterocycles. The van der Waals surface area contributed by atoms with E-state index in [-0.39, 0.29) is 23.2 Å². The number of carbonyl (C=O) groups excluding carboxylic acids is 2. The summed E-state index contributed by atoms with van der Waals surface area (Å²) in [4.78, 5) is 50.9. The second-order valence-electron chi connectivity index (χ2n) is 10.9. The Morgan fingerprint density at radius 3 is 2.50 bits per heavy atom. The molecule has 226 valence electrons. The van der Waals surface area contributed by atoms with E-state index in [1.54, 1.807) is 52.9 Å². The molecule has 0 aliphatic carbocycles. The van der Waals surface area contributed by atoms with Gasteiger partial charge in [0.05, 0.1) is 34.6 Å². The van der Waals surface area contributed by atoms with Crippen LogP contribution in [0.25, 0.3) is 32.6 Å². The minimum atomic E-state index is -0.590. The lowest BCUT2D eigenvalue weighted by Gasteiger charge is -2.34. The number of piperazine rings is 1. The van der Waals surface area contributed by atoms with Gasteiger partial charge in [-0.1, -0.05) is 12.1 Å². The Balaban J connectivity index is 1.11. The van der Waals surface area contributed by atoms with E-state index in [9.17, 15) is 9.59 Å². The number of rotatable bonds is 6. The highest BCUT2D eigenvalue weighted by molar-refractivity contribution is 7.19. The Kier molecular flexibility index (Phi) is 7.32. The second-order valence-corrected chi connectivity index (χ2v) is 12.0. The van der Waals surface area contributed by atoms with E-state index in [0.29, 0.717) is 61.7 Å². The predicted octanol–water partition coefficient (Wildman–Crippen LogP) is 2.68. The van der Waals surface area contributed by atoms with Crippen molar-refractivity contribution in [2.45, 2.75) is 13.5 Å². The number of fused-ring (bicyclic) bond motifs is 2. The van der Waals surface area contributed by atoms with Crippen LogP contribution < -0.4 is 16.4 Å². The fraction of sp³-hybridized carbons (Fsp3) is 0.333. The van der Waals surface area contributed by atoms with Crippen LogP contribution in [0.1, 0.15) is 31.4 Å². The van der Waals surface area contributed by atoms with Gasteiger partial charge in [0.15, 0.2) is 17.4 Å². The molecule has 4 N–H and O–H groups in total. The number of carbonyl (C=O) groups is 2. The van der Waals surface area contributed by atoms with Gasteiger partial charge < -0.3 is 30.4 Å². The van der Waals surface area contributed by atoms with Gasteiger partial charge in [-0.2, -0.15) is 0 Å². The van der Waals surface area contributed by atoms with Gasteiger partial charge in [0.1, 0.15) is 5.58 Å². The standard InChI is InChI=1S/C30H31N9O4S/c1-17-22(16-37-5-7-39(8-6-37)29(41)21-13-18-3-2-4-20(26(31)40)24(18)43-21)44-25-23(17)35-27(19-14-33-30(32)34-15-19)36-28(25)38-9-11-42-12-10-38/h2-4,13-15H,5-12,16H2,1H3,(H2,31,40)(H2,32,33,34). The molecule has 7 rings (SSSR count). The average Bonchev–Trinajstić information content (AvgIpc) is 3.62. The molecular weight excluding hydrogens is 582 g/mol. The summed E-state index contributed by atoms with van der Waals surface area (Å²) in [6.07, 6.45) is 3.30. The zero-order valence-corrected chi connectivity index (χ0v) is 25.0. The van der Waals surface area contributed by atoms with E-state index in [1.165, 1.54) is 4.88 Å². The molecule has 13 nitrogen and oxygen atoms in total. The van der Waals surface area contributed by atoms with Crippen LogP contribution in [-0.4, -0.2) is 94.0 Å². The molecule has 14 heteroatoms. The zero-order chi connectivity index (χ0) is 30.4. The second kappa shape index (κ2) is 11.4. The number of anilines is 2. The SMILES string of the molecule is Cc1c(CN2CCN(C(=O)c3cc4cccc(C(N)=O)c4o3)CC2)sc2c(N3CCOCC3)nc(-c3cnc(N)nc3)nc12. The van der Waals surface area contributed by atoms with Crippen molar-refractivity contribution in [3.05, 3.63) is 58.4 Å². The molecule has 2 amide bonds. The van der Waals surface area contributed by atoms with Gasteiger partial charge in [0.25, 0.3) is 11.8 Å². The monoisotopic (exact) mass is 613 g/mol. The van der Waals surface area contributed by atoms with Crippen molar-refractivity contribution >= 4 is 56.1 Å².